The molecule has 1 aromatic rings. The van der Waals surface area contributed by atoms with E-state index in [0.717, 1.165) is 6.07 Å². The van der Waals surface area contributed by atoms with Crippen LogP contribution in [0.2, 0.25) is 0 Å². The second kappa shape index (κ2) is 7.18. The SMILES string of the molecule is Cl.NC(CCO)c1cc(Br)cc(OC(F)(F)F)c1O. The molecule has 0 aliphatic rings. The third-order valence-electron chi connectivity index (χ3n) is 2.13. The molecule has 0 heterocycles. The summed E-state index contributed by atoms with van der Waals surface area (Å²) in [6, 6.07) is 1.57. The van der Waals surface area contributed by atoms with Crippen molar-refractivity contribution in [3.05, 3.63) is 22.2 Å². The highest BCUT2D eigenvalue weighted by atomic mass is 79.9. The van der Waals surface area contributed by atoms with Gasteiger partial charge < -0.3 is 20.7 Å². The maximum atomic E-state index is 12.1. The number of phenols is 1. The molecule has 1 rings (SSSR count). The van der Waals surface area contributed by atoms with Crippen LogP contribution >= 0.6 is 28.3 Å². The Balaban J connectivity index is 0.00000324. The van der Waals surface area contributed by atoms with Crippen LogP contribution in [0.1, 0.15) is 18.0 Å². The molecular formula is C10H12BrClF3NO3. The van der Waals surface area contributed by atoms with Gasteiger partial charge in [0.2, 0.25) is 0 Å². The van der Waals surface area contributed by atoms with Crippen molar-refractivity contribution < 1.29 is 28.1 Å². The topological polar surface area (TPSA) is 75.7 Å². The zero-order valence-corrected chi connectivity index (χ0v) is 11.8. The number of benzene rings is 1. The van der Waals surface area contributed by atoms with Crippen LogP contribution in [0.15, 0.2) is 16.6 Å². The molecule has 9 heteroatoms. The number of aromatic hydroxyl groups is 1. The van der Waals surface area contributed by atoms with E-state index in [9.17, 15) is 18.3 Å². The number of alkyl halides is 3. The third kappa shape index (κ3) is 5.43. The lowest BCUT2D eigenvalue weighted by atomic mass is 10.0. The molecule has 1 aromatic carbocycles. The molecule has 1 unspecified atom stereocenters. The minimum absolute atomic E-state index is 0. The van der Waals surface area contributed by atoms with Gasteiger partial charge in [0, 0.05) is 22.7 Å². The third-order valence-corrected chi connectivity index (χ3v) is 2.59. The van der Waals surface area contributed by atoms with Crippen molar-refractivity contribution in [1.29, 1.82) is 0 Å². The summed E-state index contributed by atoms with van der Waals surface area (Å²) < 4.78 is 40.3. The molecule has 0 spiro atoms. The monoisotopic (exact) mass is 365 g/mol. The lowest BCUT2D eigenvalue weighted by molar-refractivity contribution is -0.275. The summed E-state index contributed by atoms with van der Waals surface area (Å²) in [6.07, 6.45) is -4.80. The highest BCUT2D eigenvalue weighted by Crippen LogP contribution is 2.39. The van der Waals surface area contributed by atoms with Gasteiger partial charge in [0.25, 0.3) is 0 Å². The van der Waals surface area contributed by atoms with Crippen LogP contribution in [0.3, 0.4) is 0 Å². The predicted octanol–water partition coefficient (Wildman–Crippen LogP) is 2.86. The normalized spacial score (nSPS) is 12.7. The first-order valence-electron chi connectivity index (χ1n) is 4.89. The number of aliphatic hydroxyl groups excluding tert-OH is 1. The number of hydrogen-bond donors (Lipinski definition) is 3. The highest BCUT2D eigenvalue weighted by Gasteiger charge is 2.33. The van der Waals surface area contributed by atoms with Crippen LogP contribution in [0.4, 0.5) is 13.2 Å². The second-order valence-electron chi connectivity index (χ2n) is 3.51. The molecule has 4 N–H and O–H groups in total. The van der Waals surface area contributed by atoms with Crippen LogP contribution in [-0.4, -0.2) is 23.2 Å². The van der Waals surface area contributed by atoms with E-state index in [1.54, 1.807) is 0 Å². The number of hydrogen-bond acceptors (Lipinski definition) is 4. The Kier molecular flexibility index (Phi) is 6.92. The van der Waals surface area contributed by atoms with E-state index in [2.05, 4.69) is 20.7 Å². The summed E-state index contributed by atoms with van der Waals surface area (Å²) in [5.41, 5.74) is 5.70. The molecule has 1 atom stereocenters. The standard InChI is InChI=1S/C10H11BrF3NO3.ClH/c11-5-3-6(7(15)1-2-16)9(17)8(4-5)18-10(12,13)14;/h3-4,7,16-17H,1-2,15H2;1H. The van der Waals surface area contributed by atoms with E-state index in [4.69, 9.17) is 10.8 Å². The van der Waals surface area contributed by atoms with Crippen molar-refractivity contribution in [2.24, 2.45) is 5.73 Å². The second-order valence-corrected chi connectivity index (χ2v) is 4.42. The van der Waals surface area contributed by atoms with E-state index in [1.807, 2.05) is 0 Å². The highest BCUT2D eigenvalue weighted by molar-refractivity contribution is 9.10. The Morgan fingerprint density at radius 2 is 1.95 bits per heavy atom. The van der Waals surface area contributed by atoms with Crippen molar-refractivity contribution >= 4 is 28.3 Å². The van der Waals surface area contributed by atoms with Crippen molar-refractivity contribution in [1.82, 2.24) is 0 Å². The maximum absolute atomic E-state index is 12.1. The van der Waals surface area contributed by atoms with Crippen LogP contribution in [0.25, 0.3) is 0 Å². The Bertz CT molecular complexity index is 431. The first-order chi connectivity index (χ1) is 8.24. The lowest BCUT2D eigenvalue weighted by Gasteiger charge is -2.17. The largest absolute Gasteiger partial charge is 0.573 e. The maximum Gasteiger partial charge on any atom is 0.573 e. The van der Waals surface area contributed by atoms with Crippen molar-refractivity contribution in [2.75, 3.05) is 6.61 Å². The smallest absolute Gasteiger partial charge is 0.504 e. The first-order valence-corrected chi connectivity index (χ1v) is 5.68. The number of phenolic OH excluding ortho intramolecular Hbond substituents is 1. The molecule has 0 fully saturated rings. The van der Waals surface area contributed by atoms with Crippen molar-refractivity contribution in [3.63, 3.8) is 0 Å². The van der Waals surface area contributed by atoms with Gasteiger partial charge in [-0.3, -0.25) is 0 Å². The van der Waals surface area contributed by atoms with Crippen LogP contribution in [-0.2, 0) is 0 Å². The van der Waals surface area contributed by atoms with Gasteiger partial charge in [-0.2, -0.15) is 0 Å². The van der Waals surface area contributed by atoms with Gasteiger partial charge in [0.1, 0.15) is 0 Å². The molecule has 0 bridgehead atoms. The molecule has 0 saturated heterocycles. The Morgan fingerprint density at radius 1 is 1.37 bits per heavy atom. The average molecular weight is 367 g/mol. The summed E-state index contributed by atoms with van der Waals surface area (Å²) in [5.74, 6) is -1.42. The number of ether oxygens (including phenoxy) is 1. The molecule has 0 amide bonds. The lowest BCUT2D eigenvalue weighted by Crippen LogP contribution is -2.18. The summed E-state index contributed by atoms with van der Waals surface area (Å²) in [6.45, 7) is -0.247. The zero-order valence-electron chi connectivity index (χ0n) is 9.45. The van der Waals surface area contributed by atoms with Gasteiger partial charge in [-0.25, -0.2) is 0 Å². The van der Waals surface area contributed by atoms with Gasteiger partial charge >= 0.3 is 6.36 Å². The Hall–Kier alpha value is -0.700. The number of nitrogens with two attached hydrogens (primary N) is 1. The minimum Gasteiger partial charge on any atom is -0.504 e. The molecule has 0 saturated carbocycles. The van der Waals surface area contributed by atoms with Gasteiger partial charge in [0.05, 0.1) is 0 Å². The van der Waals surface area contributed by atoms with Gasteiger partial charge in [-0.05, 0) is 18.6 Å². The van der Waals surface area contributed by atoms with Crippen LogP contribution in [0, 0.1) is 0 Å². The Morgan fingerprint density at radius 3 is 2.42 bits per heavy atom. The van der Waals surface area contributed by atoms with Crippen molar-refractivity contribution in [2.45, 2.75) is 18.8 Å². The summed E-state index contributed by atoms with van der Waals surface area (Å²) >= 11 is 3.00. The molecule has 0 radical (unpaired) electrons. The van der Waals surface area contributed by atoms with Crippen LogP contribution in [0.5, 0.6) is 11.5 Å². The summed E-state index contributed by atoms with van der Waals surface area (Å²) in [4.78, 5) is 0. The zero-order chi connectivity index (χ0) is 13.9. The molecule has 4 nitrogen and oxygen atoms in total. The fourth-order valence-electron chi connectivity index (χ4n) is 1.37. The molecule has 0 aliphatic carbocycles. The quantitative estimate of drug-likeness (QED) is 0.766. The van der Waals surface area contributed by atoms with Gasteiger partial charge in [0.15, 0.2) is 11.5 Å². The van der Waals surface area contributed by atoms with E-state index >= 15 is 0 Å². The first kappa shape index (κ1) is 18.3. The minimum atomic E-state index is -4.91. The van der Waals surface area contributed by atoms with E-state index < -0.39 is 23.9 Å². The predicted molar refractivity (Wildman–Crippen MR) is 68.4 cm³/mol. The summed E-state index contributed by atoms with van der Waals surface area (Å²) in [5, 5.41) is 18.4. The fourth-order valence-corrected chi connectivity index (χ4v) is 1.83. The molecule has 19 heavy (non-hydrogen) atoms. The van der Waals surface area contributed by atoms with Crippen molar-refractivity contribution in [3.8, 4) is 11.5 Å². The molecular weight excluding hydrogens is 354 g/mol. The molecule has 0 aliphatic heterocycles. The summed E-state index contributed by atoms with van der Waals surface area (Å²) in [7, 11) is 0. The average Bonchev–Trinajstić information content (AvgIpc) is 2.21. The van der Waals surface area contributed by atoms with Gasteiger partial charge in [-0.1, -0.05) is 15.9 Å². The van der Waals surface area contributed by atoms with E-state index in [1.165, 1.54) is 6.07 Å². The van der Waals surface area contributed by atoms with E-state index in [0.29, 0.717) is 0 Å². The molecule has 0 aromatic heterocycles. The van der Waals surface area contributed by atoms with Gasteiger partial charge in [-0.15, -0.1) is 25.6 Å². The fraction of sp³-hybridized carbons (Fsp3) is 0.400. The van der Waals surface area contributed by atoms with E-state index in [-0.39, 0.29) is 35.5 Å². The molecule has 110 valence electrons. The number of aliphatic hydroxyl groups is 1. The number of rotatable bonds is 4. The van der Waals surface area contributed by atoms with Crippen LogP contribution < -0.4 is 10.5 Å². The Labute approximate surface area is 121 Å². The number of halogens is 5.